The first kappa shape index (κ1) is 21.7. The first-order valence-electron chi connectivity index (χ1n) is 10.3. The second-order valence-corrected chi connectivity index (χ2v) is 8.97. The lowest BCUT2D eigenvalue weighted by atomic mass is 10.1. The number of fused-ring (bicyclic) bond motifs is 1. The van der Waals surface area contributed by atoms with Crippen LogP contribution in [0.2, 0.25) is 0 Å². The summed E-state index contributed by atoms with van der Waals surface area (Å²) in [5, 5.41) is 12.8. The van der Waals surface area contributed by atoms with Crippen LogP contribution in [-0.2, 0) is 11.3 Å². The van der Waals surface area contributed by atoms with E-state index in [9.17, 15) is 9.59 Å². The van der Waals surface area contributed by atoms with Crippen molar-refractivity contribution >= 4 is 39.9 Å². The number of hydrogen-bond acceptors (Lipinski definition) is 5. The normalized spacial score (nSPS) is 11.0. The maximum Gasteiger partial charge on any atom is 0.252 e. The van der Waals surface area contributed by atoms with Crippen molar-refractivity contribution in [2.24, 2.45) is 0 Å². The number of aromatic nitrogens is 3. The lowest BCUT2D eigenvalue weighted by Crippen LogP contribution is -2.33. The van der Waals surface area contributed by atoms with Gasteiger partial charge in [-0.3, -0.25) is 9.59 Å². The number of thiophene rings is 1. The van der Waals surface area contributed by atoms with Gasteiger partial charge in [-0.2, -0.15) is 5.10 Å². The Morgan fingerprint density at radius 3 is 2.53 bits per heavy atom. The molecule has 4 rings (SSSR count). The Morgan fingerprint density at radius 2 is 1.84 bits per heavy atom. The molecule has 8 heteroatoms. The van der Waals surface area contributed by atoms with Crippen LogP contribution < -0.4 is 10.6 Å². The fourth-order valence-corrected chi connectivity index (χ4v) is 4.53. The van der Waals surface area contributed by atoms with Gasteiger partial charge in [0.25, 0.3) is 5.91 Å². The van der Waals surface area contributed by atoms with E-state index in [2.05, 4.69) is 20.7 Å². The van der Waals surface area contributed by atoms with Crippen molar-refractivity contribution in [1.29, 1.82) is 0 Å². The van der Waals surface area contributed by atoms with Gasteiger partial charge in [0.05, 0.1) is 30.2 Å². The molecule has 0 aliphatic carbocycles. The minimum atomic E-state index is -0.330. The minimum Gasteiger partial charge on any atom is -0.343 e. The number of anilines is 1. The van der Waals surface area contributed by atoms with Gasteiger partial charge >= 0.3 is 0 Å². The zero-order chi connectivity index (χ0) is 22.8. The Balaban J connectivity index is 1.49. The average Bonchev–Trinajstić information content (AvgIpc) is 3.39. The maximum atomic E-state index is 12.9. The SMILES string of the molecule is Cc1cc(C)c(NC(=O)CNC(=O)c2cc(C)nc3c2cnn3Cc2cccs2)c(C)c1. The van der Waals surface area contributed by atoms with Crippen molar-refractivity contribution in [2.75, 3.05) is 11.9 Å². The van der Waals surface area contributed by atoms with E-state index in [0.717, 1.165) is 27.3 Å². The molecule has 0 atom stereocenters. The highest BCUT2D eigenvalue weighted by Crippen LogP contribution is 2.22. The molecule has 0 fully saturated rings. The van der Waals surface area contributed by atoms with Crippen LogP contribution in [0, 0.1) is 27.7 Å². The van der Waals surface area contributed by atoms with E-state index in [-0.39, 0.29) is 18.4 Å². The summed E-state index contributed by atoms with van der Waals surface area (Å²) in [7, 11) is 0. The Morgan fingerprint density at radius 1 is 1.09 bits per heavy atom. The topological polar surface area (TPSA) is 88.9 Å². The Hall–Kier alpha value is -3.52. The molecular weight excluding hydrogens is 422 g/mol. The van der Waals surface area contributed by atoms with Crippen LogP contribution in [-0.4, -0.2) is 33.1 Å². The highest BCUT2D eigenvalue weighted by molar-refractivity contribution is 7.09. The molecule has 4 aromatic rings. The second-order valence-electron chi connectivity index (χ2n) is 7.93. The summed E-state index contributed by atoms with van der Waals surface area (Å²) in [5.41, 5.74) is 5.73. The van der Waals surface area contributed by atoms with Crippen LogP contribution in [0.1, 0.15) is 37.6 Å². The quantitative estimate of drug-likeness (QED) is 0.465. The molecule has 0 radical (unpaired) electrons. The fourth-order valence-electron chi connectivity index (χ4n) is 3.84. The summed E-state index contributed by atoms with van der Waals surface area (Å²) in [4.78, 5) is 31.2. The monoisotopic (exact) mass is 447 g/mol. The Labute approximate surface area is 190 Å². The van der Waals surface area contributed by atoms with E-state index in [1.807, 2.05) is 57.3 Å². The van der Waals surface area contributed by atoms with E-state index >= 15 is 0 Å². The van der Waals surface area contributed by atoms with Gasteiger partial charge in [0.1, 0.15) is 0 Å². The first-order chi connectivity index (χ1) is 15.3. The van der Waals surface area contributed by atoms with Crippen LogP contribution in [0.15, 0.2) is 41.9 Å². The first-order valence-corrected chi connectivity index (χ1v) is 11.2. The molecule has 3 heterocycles. The summed E-state index contributed by atoms with van der Waals surface area (Å²) in [6.07, 6.45) is 1.66. The van der Waals surface area contributed by atoms with Crippen LogP contribution in [0.5, 0.6) is 0 Å². The summed E-state index contributed by atoms with van der Waals surface area (Å²) in [6.45, 7) is 8.24. The van der Waals surface area contributed by atoms with E-state index in [0.29, 0.717) is 28.8 Å². The molecule has 2 amide bonds. The fraction of sp³-hybridized carbons (Fsp3) is 0.250. The maximum absolute atomic E-state index is 12.9. The number of benzene rings is 1. The molecule has 164 valence electrons. The standard InChI is InChI=1S/C24H25N5O2S/c1-14-8-15(2)22(16(3)9-14)28-21(30)12-25-24(31)19-10-17(4)27-23-20(19)11-26-29(23)13-18-6-5-7-32-18/h5-11H,12-13H2,1-4H3,(H,25,31)(H,28,30). The van der Waals surface area contributed by atoms with Crippen molar-refractivity contribution < 1.29 is 9.59 Å². The molecule has 0 aliphatic rings. The Bertz CT molecular complexity index is 1280. The second kappa shape index (κ2) is 8.92. The van der Waals surface area contributed by atoms with Crippen LogP contribution >= 0.6 is 11.3 Å². The van der Waals surface area contributed by atoms with Gasteiger partial charge in [0.2, 0.25) is 5.91 Å². The summed E-state index contributed by atoms with van der Waals surface area (Å²) in [5.74, 6) is -0.604. The van der Waals surface area contributed by atoms with Gasteiger partial charge in [-0.25, -0.2) is 9.67 Å². The highest BCUT2D eigenvalue weighted by Gasteiger charge is 2.17. The molecular formula is C24H25N5O2S. The molecule has 0 aliphatic heterocycles. The van der Waals surface area contributed by atoms with Gasteiger partial charge in [-0.1, -0.05) is 23.8 Å². The zero-order valence-electron chi connectivity index (χ0n) is 18.5. The van der Waals surface area contributed by atoms with Crippen molar-refractivity contribution in [2.45, 2.75) is 34.2 Å². The number of hydrogen-bond donors (Lipinski definition) is 2. The van der Waals surface area contributed by atoms with Gasteiger partial charge in [0, 0.05) is 16.3 Å². The third-order valence-electron chi connectivity index (χ3n) is 5.22. The molecule has 1 aromatic carbocycles. The minimum absolute atomic E-state index is 0.127. The number of nitrogens with zero attached hydrogens (tertiary/aromatic N) is 3. The largest absolute Gasteiger partial charge is 0.343 e. The lowest BCUT2D eigenvalue weighted by Gasteiger charge is -2.13. The van der Waals surface area contributed by atoms with Crippen molar-refractivity contribution in [3.63, 3.8) is 0 Å². The number of carbonyl (C=O) groups excluding carboxylic acids is 2. The van der Waals surface area contributed by atoms with Gasteiger partial charge in [-0.15, -0.1) is 11.3 Å². The van der Waals surface area contributed by atoms with Gasteiger partial charge in [-0.05, 0) is 56.3 Å². The molecule has 2 N–H and O–H groups in total. The number of aryl methyl sites for hydroxylation is 4. The van der Waals surface area contributed by atoms with Crippen LogP contribution in [0.4, 0.5) is 5.69 Å². The van der Waals surface area contributed by atoms with Crippen LogP contribution in [0.25, 0.3) is 11.0 Å². The average molecular weight is 448 g/mol. The van der Waals surface area contributed by atoms with Crippen molar-refractivity contribution in [1.82, 2.24) is 20.1 Å². The molecule has 0 bridgehead atoms. The number of pyridine rings is 1. The number of amides is 2. The summed E-state index contributed by atoms with van der Waals surface area (Å²) < 4.78 is 1.79. The van der Waals surface area contributed by atoms with E-state index in [4.69, 9.17) is 0 Å². The number of carbonyl (C=O) groups is 2. The molecule has 32 heavy (non-hydrogen) atoms. The molecule has 0 unspecified atom stereocenters. The molecule has 0 spiro atoms. The van der Waals surface area contributed by atoms with Gasteiger partial charge in [0.15, 0.2) is 5.65 Å². The van der Waals surface area contributed by atoms with Crippen molar-refractivity contribution in [3.05, 3.63) is 74.7 Å². The lowest BCUT2D eigenvalue weighted by molar-refractivity contribution is -0.115. The van der Waals surface area contributed by atoms with Crippen molar-refractivity contribution in [3.8, 4) is 0 Å². The number of nitrogens with one attached hydrogen (secondary N) is 2. The van der Waals surface area contributed by atoms with Gasteiger partial charge < -0.3 is 10.6 Å². The molecule has 0 saturated carbocycles. The molecule has 7 nitrogen and oxygen atoms in total. The third kappa shape index (κ3) is 4.55. The predicted octanol–water partition coefficient (Wildman–Crippen LogP) is 4.14. The summed E-state index contributed by atoms with van der Waals surface area (Å²) in [6, 6.07) is 9.80. The van der Waals surface area contributed by atoms with E-state index in [1.165, 1.54) is 0 Å². The van der Waals surface area contributed by atoms with Crippen LogP contribution in [0.3, 0.4) is 0 Å². The predicted molar refractivity (Wildman–Crippen MR) is 127 cm³/mol. The molecule has 0 saturated heterocycles. The molecule has 3 aromatic heterocycles. The highest BCUT2D eigenvalue weighted by atomic mass is 32.1. The van der Waals surface area contributed by atoms with E-state index in [1.54, 1.807) is 28.3 Å². The summed E-state index contributed by atoms with van der Waals surface area (Å²) >= 11 is 1.65. The third-order valence-corrected chi connectivity index (χ3v) is 6.08. The number of rotatable bonds is 6. The smallest absolute Gasteiger partial charge is 0.252 e. The van der Waals surface area contributed by atoms with E-state index < -0.39 is 0 Å². The Kier molecular flexibility index (Phi) is 6.05. The zero-order valence-corrected chi connectivity index (χ0v) is 19.3.